The van der Waals surface area contributed by atoms with E-state index in [9.17, 15) is 14.4 Å². The summed E-state index contributed by atoms with van der Waals surface area (Å²) >= 11 is 1.19. The number of hydrogen-bond acceptors (Lipinski definition) is 5. The minimum Gasteiger partial charge on any atom is -0.347 e. The third-order valence-corrected chi connectivity index (χ3v) is 6.30. The van der Waals surface area contributed by atoms with Gasteiger partial charge in [-0.2, -0.15) is 0 Å². The van der Waals surface area contributed by atoms with Crippen LogP contribution in [0.25, 0.3) is 21.1 Å². The van der Waals surface area contributed by atoms with Crippen molar-refractivity contribution in [2.45, 2.75) is 40.3 Å². The zero-order chi connectivity index (χ0) is 21.4. The van der Waals surface area contributed by atoms with E-state index in [1.54, 1.807) is 17.6 Å². The molecule has 4 aromatic rings. The molecule has 0 spiro atoms. The monoisotopic (exact) mass is 422 g/mol. The Morgan fingerprint density at radius 3 is 2.80 bits per heavy atom. The Hall–Kier alpha value is -3.26. The van der Waals surface area contributed by atoms with Crippen LogP contribution in [0.1, 0.15) is 39.7 Å². The van der Waals surface area contributed by atoms with E-state index in [0.29, 0.717) is 32.8 Å². The van der Waals surface area contributed by atoms with Crippen LogP contribution in [0.2, 0.25) is 0 Å². The fraction of sp³-hybridized carbons (Fsp3) is 0.273. The number of benzene rings is 1. The summed E-state index contributed by atoms with van der Waals surface area (Å²) in [6.07, 6.45) is 2.35. The molecular weight excluding hydrogens is 400 g/mol. The molecule has 3 aromatic heterocycles. The summed E-state index contributed by atoms with van der Waals surface area (Å²) in [6.45, 7) is 6.40. The molecule has 8 heteroatoms. The predicted molar refractivity (Wildman–Crippen MR) is 119 cm³/mol. The van der Waals surface area contributed by atoms with Crippen LogP contribution in [0.5, 0.6) is 0 Å². The first-order valence-corrected chi connectivity index (χ1v) is 10.6. The van der Waals surface area contributed by atoms with Crippen LogP contribution in [0.15, 0.2) is 40.2 Å². The maximum Gasteiger partial charge on any atom is 0.262 e. The highest BCUT2D eigenvalue weighted by molar-refractivity contribution is 7.20. The Morgan fingerprint density at radius 2 is 2.03 bits per heavy atom. The second-order valence-corrected chi connectivity index (χ2v) is 8.38. The van der Waals surface area contributed by atoms with Gasteiger partial charge in [0, 0.05) is 24.2 Å². The number of nitrogens with one attached hydrogen (secondary N) is 2. The highest BCUT2D eigenvalue weighted by Crippen LogP contribution is 2.26. The predicted octanol–water partition coefficient (Wildman–Crippen LogP) is 3.26. The standard InChI is InChI=1S/C22H22N4O3S/c1-4-7-26-11-24-21-17(22(26)29)13(3)18(30-21)20(28)23-10-15-9-14-6-5-12(2)8-16(14)25-19(15)27/h5-6,8-9,11H,4,7,10H2,1-3H3,(H,23,28)(H,25,27). The molecule has 1 amide bonds. The van der Waals surface area contributed by atoms with Gasteiger partial charge in [-0.15, -0.1) is 11.3 Å². The first-order valence-electron chi connectivity index (χ1n) is 9.78. The SMILES string of the molecule is CCCn1cnc2sc(C(=O)NCc3cc4ccc(C)cc4[nH]c3=O)c(C)c2c1=O. The molecule has 2 N–H and O–H groups in total. The Kier molecular flexibility index (Phi) is 5.26. The van der Waals surface area contributed by atoms with Crippen molar-refractivity contribution in [3.05, 3.63) is 72.9 Å². The van der Waals surface area contributed by atoms with Crippen LogP contribution in [0.3, 0.4) is 0 Å². The molecule has 7 nitrogen and oxygen atoms in total. The summed E-state index contributed by atoms with van der Waals surface area (Å²) < 4.78 is 1.57. The highest BCUT2D eigenvalue weighted by Gasteiger charge is 2.19. The number of aromatic amines is 1. The molecule has 0 aliphatic heterocycles. The summed E-state index contributed by atoms with van der Waals surface area (Å²) in [7, 11) is 0. The lowest BCUT2D eigenvalue weighted by Crippen LogP contribution is -2.26. The molecule has 4 rings (SSSR count). The van der Waals surface area contributed by atoms with Crippen LogP contribution in [-0.4, -0.2) is 20.4 Å². The first-order chi connectivity index (χ1) is 14.4. The van der Waals surface area contributed by atoms with E-state index in [1.807, 2.05) is 32.0 Å². The third-order valence-electron chi connectivity index (χ3n) is 5.11. The quantitative estimate of drug-likeness (QED) is 0.516. The van der Waals surface area contributed by atoms with Crippen molar-refractivity contribution in [1.29, 1.82) is 0 Å². The Labute approximate surface area is 176 Å². The molecule has 0 aliphatic rings. The molecule has 0 unspecified atom stereocenters. The lowest BCUT2D eigenvalue weighted by molar-refractivity contribution is 0.0954. The maximum atomic E-state index is 12.8. The summed E-state index contributed by atoms with van der Waals surface area (Å²) in [6, 6.07) is 7.62. The Morgan fingerprint density at radius 1 is 1.23 bits per heavy atom. The number of rotatable bonds is 5. The van der Waals surface area contributed by atoms with E-state index in [1.165, 1.54) is 17.7 Å². The van der Waals surface area contributed by atoms with Crippen molar-refractivity contribution in [2.24, 2.45) is 0 Å². The number of H-pyrrole nitrogens is 1. The number of fused-ring (bicyclic) bond motifs is 2. The molecule has 30 heavy (non-hydrogen) atoms. The molecule has 0 saturated carbocycles. The molecule has 154 valence electrons. The van der Waals surface area contributed by atoms with Crippen LogP contribution in [-0.2, 0) is 13.1 Å². The summed E-state index contributed by atoms with van der Waals surface area (Å²) in [4.78, 5) is 46.1. The van der Waals surface area contributed by atoms with E-state index in [2.05, 4.69) is 15.3 Å². The number of carbonyl (C=O) groups excluding carboxylic acids is 1. The van der Waals surface area contributed by atoms with Crippen molar-refractivity contribution in [3.8, 4) is 0 Å². The van der Waals surface area contributed by atoms with Crippen molar-refractivity contribution < 1.29 is 4.79 Å². The smallest absolute Gasteiger partial charge is 0.262 e. The number of carbonyl (C=O) groups is 1. The first kappa shape index (κ1) is 20.0. The molecule has 0 saturated heterocycles. The molecule has 1 aromatic carbocycles. The zero-order valence-corrected chi connectivity index (χ0v) is 17.9. The molecular formula is C22H22N4O3S. The summed E-state index contributed by atoms with van der Waals surface area (Å²) in [5, 5.41) is 4.20. The normalized spacial score (nSPS) is 11.3. The van der Waals surface area contributed by atoms with Crippen molar-refractivity contribution in [1.82, 2.24) is 19.9 Å². The topological polar surface area (TPSA) is 96.8 Å². The minimum atomic E-state index is -0.319. The number of amides is 1. The number of pyridine rings is 1. The second-order valence-electron chi connectivity index (χ2n) is 7.38. The minimum absolute atomic E-state index is 0.0964. The number of aryl methyl sites for hydroxylation is 3. The molecule has 0 radical (unpaired) electrons. The largest absolute Gasteiger partial charge is 0.347 e. The molecule has 0 aliphatic carbocycles. The van der Waals surface area contributed by atoms with Gasteiger partial charge in [0.05, 0.1) is 16.6 Å². The highest BCUT2D eigenvalue weighted by atomic mass is 32.1. The number of thiophene rings is 1. The fourth-order valence-corrected chi connectivity index (χ4v) is 4.58. The number of nitrogens with zero attached hydrogens (tertiary/aromatic N) is 2. The van der Waals surface area contributed by atoms with E-state index >= 15 is 0 Å². The van der Waals surface area contributed by atoms with Gasteiger partial charge in [-0.25, -0.2) is 4.98 Å². The van der Waals surface area contributed by atoms with Crippen molar-refractivity contribution in [3.63, 3.8) is 0 Å². The number of hydrogen-bond donors (Lipinski definition) is 2. The van der Waals surface area contributed by atoms with Gasteiger partial charge in [-0.1, -0.05) is 19.1 Å². The van der Waals surface area contributed by atoms with Crippen molar-refractivity contribution >= 4 is 38.4 Å². The lowest BCUT2D eigenvalue weighted by Gasteiger charge is -2.06. The van der Waals surface area contributed by atoms with Gasteiger partial charge in [0.25, 0.3) is 17.0 Å². The van der Waals surface area contributed by atoms with Gasteiger partial charge in [0.2, 0.25) is 0 Å². The zero-order valence-electron chi connectivity index (χ0n) is 17.0. The van der Waals surface area contributed by atoms with Crippen LogP contribution < -0.4 is 16.4 Å². The van der Waals surface area contributed by atoms with E-state index in [-0.39, 0.29) is 23.6 Å². The fourth-order valence-electron chi connectivity index (χ4n) is 3.52. The molecule has 0 atom stereocenters. The molecule has 0 fully saturated rings. The van der Waals surface area contributed by atoms with Crippen LogP contribution in [0, 0.1) is 13.8 Å². The Bertz CT molecular complexity index is 1400. The average Bonchev–Trinajstić information content (AvgIpc) is 3.05. The summed E-state index contributed by atoms with van der Waals surface area (Å²) in [5.41, 5.74) is 2.57. The summed E-state index contributed by atoms with van der Waals surface area (Å²) in [5.74, 6) is -0.319. The maximum absolute atomic E-state index is 12.8. The van der Waals surface area contributed by atoms with E-state index in [4.69, 9.17) is 0 Å². The van der Waals surface area contributed by atoms with Crippen LogP contribution >= 0.6 is 11.3 Å². The van der Waals surface area contributed by atoms with Gasteiger partial charge in [0.15, 0.2) is 0 Å². The van der Waals surface area contributed by atoms with E-state index < -0.39 is 0 Å². The van der Waals surface area contributed by atoms with Gasteiger partial charge >= 0.3 is 0 Å². The second kappa shape index (κ2) is 7.87. The van der Waals surface area contributed by atoms with Gasteiger partial charge < -0.3 is 10.3 Å². The van der Waals surface area contributed by atoms with Gasteiger partial charge in [-0.05, 0) is 48.9 Å². The van der Waals surface area contributed by atoms with E-state index in [0.717, 1.165) is 22.9 Å². The van der Waals surface area contributed by atoms with Crippen LogP contribution in [0.4, 0.5) is 0 Å². The Balaban J connectivity index is 1.62. The lowest BCUT2D eigenvalue weighted by atomic mass is 10.1. The number of aromatic nitrogens is 3. The average molecular weight is 423 g/mol. The molecule has 3 heterocycles. The van der Waals surface area contributed by atoms with Crippen molar-refractivity contribution in [2.75, 3.05) is 0 Å². The van der Waals surface area contributed by atoms with Gasteiger partial charge in [-0.3, -0.25) is 19.0 Å². The van der Waals surface area contributed by atoms with Gasteiger partial charge in [0.1, 0.15) is 4.83 Å². The molecule has 0 bridgehead atoms. The third kappa shape index (κ3) is 3.54.